The molecule has 7 heteroatoms. The molecule has 1 saturated heterocycles. The Morgan fingerprint density at radius 3 is 2.95 bits per heavy atom. The number of oxazole rings is 1. The van der Waals surface area contributed by atoms with E-state index in [9.17, 15) is 8.42 Å². The van der Waals surface area contributed by atoms with Gasteiger partial charge in [-0.25, -0.2) is 8.42 Å². The van der Waals surface area contributed by atoms with Crippen molar-refractivity contribution in [2.24, 2.45) is 0 Å². The number of aromatic nitrogens is 1. The van der Waals surface area contributed by atoms with Gasteiger partial charge in [0.05, 0.1) is 11.5 Å². The molecule has 1 aromatic heterocycles. The lowest BCUT2D eigenvalue weighted by Crippen LogP contribution is -2.26. The fraction of sp³-hybridized carbons (Fsp3) is 0.417. The maximum atomic E-state index is 11.6. The third kappa shape index (κ3) is 2.51. The zero-order valence-corrected chi connectivity index (χ0v) is 11.2. The molecule has 0 saturated carbocycles. The Balaban J connectivity index is 1.91. The first-order valence-corrected chi connectivity index (χ1v) is 7.97. The summed E-state index contributed by atoms with van der Waals surface area (Å²) in [6.45, 7) is 1.06. The van der Waals surface area contributed by atoms with E-state index in [1.54, 1.807) is 18.2 Å². The molecular formula is C12H15N3O3S. The van der Waals surface area contributed by atoms with Crippen LogP contribution in [0.3, 0.4) is 0 Å². The van der Waals surface area contributed by atoms with E-state index >= 15 is 0 Å². The topological polar surface area (TPSA) is 89.4 Å². The highest BCUT2D eigenvalue weighted by atomic mass is 32.2. The minimum Gasteiger partial charge on any atom is -0.423 e. The number of anilines is 2. The first-order valence-electron chi connectivity index (χ1n) is 6.15. The van der Waals surface area contributed by atoms with Crippen LogP contribution in [-0.4, -0.2) is 38.0 Å². The molecule has 0 spiro atoms. The monoisotopic (exact) mass is 281 g/mol. The first kappa shape index (κ1) is 12.3. The van der Waals surface area contributed by atoms with Gasteiger partial charge in [0, 0.05) is 24.8 Å². The molecule has 1 aliphatic heterocycles. The van der Waals surface area contributed by atoms with Gasteiger partial charge >= 0.3 is 0 Å². The van der Waals surface area contributed by atoms with E-state index in [0.29, 0.717) is 36.8 Å². The predicted molar refractivity (Wildman–Crippen MR) is 73.9 cm³/mol. The van der Waals surface area contributed by atoms with Gasteiger partial charge in [0.1, 0.15) is 5.52 Å². The number of fused-ring (bicyclic) bond motifs is 1. The van der Waals surface area contributed by atoms with Crippen LogP contribution in [0, 0.1) is 0 Å². The predicted octanol–water partition coefficient (Wildman–Crippen LogP) is 1.03. The number of hydrogen-bond donors (Lipinski definition) is 1. The summed E-state index contributed by atoms with van der Waals surface area (Å²) in [5, 5.41) is 0. The second kappa shape index (κ2) is 4.41. The zero-order valence-electron chi connectivity index (χ0n) is 10.4. The highest BCUT2D eigenvalue weighted by molar-refractivity contribution is 7.91. The van der Waals surface area contributed by atoms with E-state index in [0.717, 1.165) is 5.52 Å². The molecule has 102 valence electrons. The molecule has 1 aliphatic rings. The highest BCUT2D eigenvalue weighted by Gasteiger charge is 2.22. The summed E-state index contributed by atoms with van der Waals surface area (Å²) in [5.41, 5.74) is 7.67. The number of nitrogens with two attached hydrogens (primary N) is 1. The van der Waals surface area contributed by atoms with E-state index in [2.05, 4.69) is 4.98 Å². The molecule has 1 aromatic carbocycles. The van der Waals surface area contributed by atoms with Gasteiger partial charge in [0.2, 0.25) is 0 Å². The van der Waals surface area contributed by atoms with Crippen molar-refractivity contribution >= 4 is 32.6 Å². The maximum absolute atomic E-state index is 11.6. The Labute approximate surface area is 111 Å². The van der Waals surface area contributed by atoms with Crippen LogP contribution in [0.2, 0.25) is 0 Å². The lowest BCUT2D eigenvalue weighted by Gasteiger charge is -2.16. The smallest absolute Gasteiger partial charge is 0.298 e. The van der Waals surface area contributed by atoms with Crippen molar-refractivity contribution in [2.45, 2.75) is 6.42 Å². The fourth-order valence-corrected chi connectivity index (χ4v) is 3.47. The first-order chi connectivity index (χ1) is 9.03. The van der Waals surface area contributed by atoms with Crippen LogP contribution < -0.4 is 10.6 Å². The quantitative estimate of drug-likeness (QED) is 0.785. The molecule has 0 bridgehead atoms. The van der Waals surface area contributed by atoms with Crippen molar-refractivity contribution in [3.63, 3.8) is 0 Å². The van der Waals surface area contributed by atoms with Crippen LogP contribution in [-0.2, 0) is 9.84 Å². The van der Waals surface area contributed by atoms with Gasteiger partial charge in [0.25, 0.3) is 6.01 Å². The molecule has 0 amide bonds. The molecule has 2 N–H and O–H groups in total. The van der Waals surface area contributed by atoms with E-state index in [1.165, 1.54) is 0 Å². The minimum absolute atomic E-state index is 0.147. The molecule has 6 nitrogen and oxygen atoms in total. The molecule has 0 aliphatic carbocycles. The van der Waals surface area contributed by atoms with Gasteiger partial charge in [-0.1, -0.05) is 0 Å². The Bertz CT molecular complexity index is 708. The Morgan fingerprint density at radius 1 is 1.26 bits per heavy atom. The molecule has 0 unspecified atom stereocenters. The van der Waals surface area contributed by atoms with E-state index in [4.69, 9.17) is 10.2 Å². The molecule has 2 heterocycles. The van der Waals surface area contributed by atoms with E-state index < -0.39 is 9.84 Å². The highest BCUT2D eigenvalue weighted by Crippen LogP contribution is 2.24. The van der Waals surface area contributed by atoms with Crippen LogP contribution in [0.4, 0.5) is 11.7 Å². The van der Waals surface area contributed by atoms with Crippen molar-refractivity contribution in [3.8, 4) is 0 Å². The number of benzene rings is 1. The standard InChI is InChI=1S/C12H15N3O3S/c13-9-2-3-10-11(8-9)18-12(14-10)15-4-1-6-19(16,17)7-5-15/h2-3,8H,1,4-7,13H2. The van der Waals surface area contributed by atoms with Crippen molar-refractivity contribution in [2.75, 3.05) is 35.2 Å². The summed E-state index contributed by atoms with van der Waals surface area (Å²) in [7, 11) is -2.93. The maximum Gasteiger partial charge on any atom is 0.298 e. The Kier molecular flexibility index (Phi) is 2.85. The third-order valence-electron chi connectivity index (χ3n) is 3.23. The van der Waals surface area contributed by atoms with Gasteiger partial charge in [-0.15, -0.1) is 0 Å². The summed E-state index contributed by atoms with van der Waals surface area (Å²) >= 11 is 0. The molecule has 2 aromatic rings. The molecule has 0 atom stereocenters. The molecular weight excluding hydrogens is 266 g/mol. The average Bonchev–Trinajstić information content (AvgIpc) is 2.67. The summed E-state index contributed by atoms with van der Waals surface area (Å²) < 4.78 is 28.8. The Hall–Kier alpha value is -1.76. The minimum atomic E-state index is -2.93. The average molecular weight is 281 g/mol. The molecule has 19 heavy (non-hydrogen) atoms. The summed E-state index contributed by atoms with van der Waals surface area (Å²) in [6.07, 6.45) is 0.600. The number of nitrogens with zero attached hydrogens (tertiary/aromatic N) is 2. The van der Waals surface area contributed by atoms with Crippen molar-refractivity contribution < 1.29 is 12.8 Å². The second-order valence-electron chi connectivity index (χ2n) is 4.72. The SMILES string of the molecule is Nc1ccc2nc(N3CCCS(=O)(=O)CC3)oc2c1. The number of hydrogen-bond acceptors (Lipinski definition) is 6. The largest absolute Gasteiger partial charge is 0.423 e. The third-order valence-corrected chi connectivity index (χ3v) is 4.94. The number of nitrogen functional groups attached to an aromatic ring is 1. The Morgan fingerprint density at radius 2 is 2.11 bits per heavy atom. The zero-order chi connectivity index (χ0) is 13.5. The van der Waals surface area contributed by atoms with Gasteiger partial charge in [-0.05, 0) is 18.6 Å². The van der Waals surface area contributed by atoms with E-state index in [-0.39, 0.29) is 11.5 Å². The summed E-state index contributed by atoms with van der Waals surface area (Å²) in [4.78, 5) is 6.25. The van der Waals surface area contributed by atoms with Crippen molar-refractivity contribution in [3.05, 3.63) is 18.2 Å². The number of rotatable bonds is 1. The van der Waals surface area contributed by atoms with Gasteiger partial charge in [-0.2, -0.15) is 4.98 Å². The summed E-state index contributed by atoms with van der Waals surface area (Å²) in [6, 6.07) is 5.76. The van der Waals surface area contributed by atoms with Crippen LogP contribution in [0.5, 0.6) is 0 Å². The lowest BCUT2D eigenvalue weighted by atomic mass is 10.3. The van der Waals surface area contributed by atoms with E-state index in [1.807, 2.05) is 4.90 Å². The van der Waals surface area contributed by atoms with Crippen LogP contribution in [0.15, 0.2) is 22.6 Å². The summed E-state index contributed by atoms with van der Waals surface area (Å²) in [5.74, 6) is 0.380. The molecule has 1 fully saturated rings. The van der Waals surface area contributed by atoms with Gasteiger partial charge in [0.15, 0.2) is 15.4 Å². The van der Waals surface area contributed by atoms with Crippen molar-refractivity contribution in [1.29, 1.82) is 0 Å². The normalized spacial score (nSPS) is 19.5. The van der Waals surface area contributed by atoms with Crippen molar-refractivity contribution in [1.82, 2.24) is 4.98 Å². The van der Waals surface area contributed by atoms with Gasteiger partial charge in [-0.3, -0.25) is 0 Å². The lowest BCUT2D eigenvalue weighted by molar-refractivity contribution is 0.571. The van der Waals surface area contributed by atoms with Crippen LogP contribution >= 0.6 is 0 Å². The molecule has 0 radical (unpaired) electrons. The van der Waals surface area contributed by atoms with Crippen LogP contribution in [0.1, 0.15) is 6.42 Å². The second-order valence-corrected chi connectivity index (χ2v) is 7.02. The fourth-order valence-electron chi connectivity index (χ4n) is 2.19. The van der Waals surface area contributed by atoms with Gasteiger partial charge < -0.3 is 15.1 Å². The molecule has 3 rings (SSSR count). The van der Waals surface area contributed by atoms with Crippen LogP contribution in [0.25, 0.3) is 11.1 Å². The number of sulfone groups is 1.